The largest absolute Gasteiger partial charge is 0.383 e. The molecule has 5 nitrogen and oxygen atoms in total. The van der Waals surface area contributed by atoms with Gasteiger partial charge >= 0.3 is 0 Å². The smallest absolute Gasteiger partial charge is 0.221 e. The Balaban J connectivity index is 2.02. The average molecular weight is 305 g/mol. The molecule has 0 spiro atoms. The van der Waals surface area contributed by atoms with E-state index >= 15 is 0 Å². The van der Waals surface area contributed by atoms with E-state index in [-0.39, 0.29) is 5.91 Å². The number of hydrogen-bond acceptors (Lipinski definition) is 3. The van der Waals surface area contributed by atoms with Crippen molar-refractivity contribution in [1.82, 2.24) is 14.9 Å². The Kier molecular flexibility index (Phi) is 5.71. The van der Waals surface area contributed by atoms with E-state index < -0.39 is 0 Å². The van der Waals surface area contributed by atoms with Crippen LogP contribution >= 0.6 is 12.2 Å². The zero-order valence-corrected chi connectivity index (χ0v) is 12.8. The molecule has 1 aromatic carbocycles. The van der Waals surface area contributed by atoms with Crippen molar-refractivity contribution in [2.24, 2.45) is 0 Å². The highest BCUT2D eigenvalue weighted by atomic mass is 32.1. The first-order chi connectivity index (χ1) is 10.2. The number of aromatic amines is 1. The molecule has 0 bridgehead atoms. The number of carbonyl (C=O) groups is 1. The van der Waals surface area contributed by atoms with Crippen LogP contribution in [0.25, 0.3) is 11.3 Å². The monoisotopic (exact) mass is 305 g/mol. The molecule has 0 saturated carbocycles. The van der Waals surface area contributed by atoms with Gasteiger partial charge in [-0.3, -0.25) is 4.79 Å². The SMILES string of the molecule is COCCNC(=O)CCn1c(-c2ccccc2)c[nH]c1=S. The summed E-state index contributed by atoms with van der Waals surface area (Å²) >= 11 is 5.29. The minimum Gasteiger partial charge on any atom is -0.383 e. The second-order valence-electron chi connectivity index (χ2n) is 4.59. The van der Waals surface area contributed by atoms with Crippen molar-refractivity contribution in [2.45, 2.75) is 13.0 Å². The van der Waals surface area contributed by atoms with Gasteiger partial charge in [0, 0.05) is 32.8 Å². The van der Waals surface area contributed by atoms with E-state index in [4.69, 9.17) is 17.0 Å². The van der Waals surface area contributed by atoms with Crippen LogP contribution < -0.4 is 5.32 Å². The van der Waals surface area contributed by atoms with E-state index in [1.807, 2.05) is 41.1 Å². The van der Waals surface area contributed by atoms with E-state index in [2.05, 4.69) is 10.3 Å². The van der Waals surface area contributed by atoms with Crippen LogP contribution in [-0.2, 0) is 16.1 Å². The maximum Gasteiger partial charge on any atom is 0.221 e. The summed E-state index contributed by atoms with van der Waals surface area (Å²) < 4.78 is 7.47. The van der Waals surface area contributed by atoms with Crippen LogP contribution in [-0.4, -0.2) is 35.7 Å². The topological polar surface area (TPSA) is 59.0 Å². The van der Waals surface area contributed by atoms with Gasteiger partial charge in [-0.25, -0.2) is 0 Å². The fourth-order valence-corrected chi connectivity index (χ4v) is 2.31. The van der Waals surface area contributed by atoms with Crippen LogP contribution in [0.3, 0.4) is 0 Å². The van der Waals surface area contributed by atoms with E-state index in [0.717, 1.165) is 11.3 Å². The summed E-state index contributed by atoms with van der Waals surface area (Å²) in [6, 6.07) is 9.97. The summed E-state index contributed by atoms with van der Waals surface area (Å²) in [5.74, 6) is -0.00541. The molecule has 112 valence electrons. The second-order valence-corrected chi connectivity index (χ2v) is 4.98. The summed E-state index contributed by atoms with van der Waals surface area (Å²) in [4.78, 5) is 14.8. The van der Waals surface area contributed by atoms with Crippen molar-refractivity contribution in [3.05, 3.63) is 41.3 Å². The van der Waals surface area contributed by atoms with Crippen LogP contribution in [0.1, 0.15) is 6.42 Å². The number of imidazole rings is 1. The molecule has 0 unspecified atom stereocenters. The number of rotatable bonds is 7. The van der Waals surface area contributed by atoms with E-state index in [1.54, 1.807) is 7.11 Å². The molecule has 0 aliphatic rings. The first-order valence-corrected chi connectivity index (χ1v) is 7.22. The van der Waals surface area contributed by atoms with Gasteiger partial charge in [-0.15, -0.1) is 0 Å². The molecule has 0 radical (unpaired) electrons. The third-order valence-electron chi connectivity index (χ3n) is 3.13. The van der Waals surface area contributed by atoms with Gasteiger partial charge in [0.05, 0.1) is 12.3 Å². The summed E-state index contributed by atoms with van der Waals surface area (Å²) in [5.41, 5.74) is 2.06. The number of nitrogens with one attached hydrogen (secondary N) is 2. The lowest BCUT2D eigenvalue weighted by Crippen LogP contribution is -2.27. The standard InChI is InChI=1S/C15H19N3O2S/c1-20-10-8-16-14(19)7-9-18-13(11-17-15(18)21)12-5-3-2-4-6-12/h2-6,11H,7-10H2,1H3,(H,16,19)(H,17,21). The molecule has 2 N–H and O–H groups in total. The summed E-state index contributed by atoms with van der Waals surface area (Å²) in [6.07, 6.45) is 2.26. The predicted octanol–water partition coefficient (Wildman–Crippen LogP) is 2.37. The molecule has 21 heavy (non-hydrogen) atoms. The lowest BCUT2D eigenvalue weighted by atomic mass is 10.2. The molecule has 0 atom stereocenters. The highest BCUT2D eigenvalue weighted by Crippen LogP contribution is 2.19. The van der Waals surface area contributed by atoms with Crippen molar-refractivity contribution in [3.8, 4) is 11.3 Å². The van der Waals surface area contributed by atoms with Crippen molar-refractivity contribution in [2.75, 3.05) is 20.3 Å². The van der Waals surface area contributed by atoms with Gasteiger partial charge in [0.15, 0.2) is 4.77 Å². The Hall–Kier alpha value is -1.92. The Labute approximate surface area is 129 Å². The van der Waals surface area contributed by atoms with Crippen LogP contribution in [0.5, 0.6) is 0 Å². The van der Waals surface area contributed by atoms with Crippen LogP contribution in [0.2, 0.25) is 0 Å². The zero-order valence-electron chi connectivity index (χ0n) is 12.0. The molecule has 1 amide bonds. The molecule has 0 aliphatic heterocycles. The predicted molar refractivity (Wildman–Crippen MR) is 84.6 cm³/mol. The van der Waals surface area contributed by atoms with Gasteiger partial charge in [-0.05, 0) is 17.8 Å². The normalized spacial score (nSPS) is 10.5. The summed E-state index contributed by atoms with van der Waals surface area (Å²) in [7, 11) is 1.61. The Morgan fingerprint density at radius 1 is 1.38 bits per heavy atom. The molecule has 1 heterocycles. The minimum atomic E-state index is -0.00541. The van der Waals surface area contributed by atoms with Gasteiger partial charge in [0.1, 0.15) is 0 Å². The third kappa shape index (κ3) is 4.27. The molecule has 1 aromatic heterocycles. The number of H-pyrrole nitrogens is 1. The van der Waals surface area contributed by atoms with E-state index in [9.17, 15) is 4.79 Å². The van der Waals surface area contributed by atoms with Crippen LogP contribution in [0, 0.1) is 4.77 Å². The average Bonchev–Trinajstić information content (AvgIpc) is 2.87. The molecule has 2 aromatic rings. The van der Waals surface area contributed by atoms with Crippen LogP contribution in [0.15, 0.2) is 36.5 Å². The zero-order chi connectivity index (χ0) is 15.1. The minimum absolute atomic E-state index is 0.00541. The van der Waals surface area contributed by atoms with Crippen LogP contribution in [0.4, 0.5) is 0 Å². The van der Waals surface area contributed by atoms with Gasteiger partial charge < -0.3 is 19.6 Å². The molecule has 0 fully saturated rings. The van der Waals surface area contributed by atoms with Gasteiger partial charge in [-0.1, -0.05) is 30.3 Å². The number of methoxy groups -OCH3 is 1. The maximum absolute atomic E-state index is 11.7. The van der Waals surface area contributed by atoms with E-state index in [1.165, 1.54) is 0 Å². The number of amides is 1. The van der Waals surface area contributed by atoms with Gasteiger partial charge in [-0.2, -0.15) is 0 Å². The molecule has 0 saturated heterocycles. The fraction of sp³-hybridized carbons (Fsp3) is 0.333. The Bertz CT molecular complexity index is 634. The number of ether oxygens (including phenoxy) is 1. The van der Waals surface area contributed by atoms with Crippen molar-refractivity contribution < 1.29 is 9.53 Å². The fourth-order valence-electron chi connectivity index (χ4n) is 2.06. The lowest BCUT2D eigenvalue weighted by Gasteiger charge is -2.09. The van der Waals surface area contributed by atoms with E-state index in [0.29, 0.717) is 30.9 Å². The summed E-state index contributed by atoms with van der Waals surface area (Å²) in [6.45, 7) is 1.59. The van der Waals surface area contributed by atoms with Gasteiger partial charge in [0.25, 0.3) is 0 Å². The van der Waals surface area contributed by atoms with Gasteiger partial charge in [0.2, 0.25) is 5.91 Å². The maximum atomic E-state index is 11.7. The molecular weight excluding hydrogens is 286 g/mol. The third-order valence-corrected chi connectivity index (χ3v) is 3.47. The van der Waals surface area contributed by atoms with Crippen molar-refractivity contribution in [3.63, 3.8) is 0 Å². The molecule has 6 heteroatoms. The number of aromatic nitrogens is 2. The first-order valence-electron chi connectivity index (χ1n) is 6.81. The Morgan fingerprint density at radius 3 is 2.86 bits per heavy atom. The molecule has 2 rings (SSSR count). The number of nitrogens with zero attached hydrogens (tertiary/aromatic N) is 1. The van der Waals surface area contributed by atoms with Crippen molar-refractivity contribution >= 4 is 18.1 Å². The van der Waals surface area contributed by atoms with Crippen molar-refractivity contribution in [1.29, 1.82) is 0 Å². The number of hydrogen-bond donors (Lipinski definition) is 2. The number of carbonyl (C=O) groups excluding carboxylic acids is 1. The highest BCUT2D eigenvalue weighted by Gasteiger charge is 2.08. The molecule has 0 aliphatic carbocycles. The summed E-state index contributed by atoms with van der Waals surface area (Å²) in [5, 5.41) is 2.80. The highest BCUT2D eigenvalue weighted by molar-refractivity contribution is 7.71. The lowest BCUT2D eigenvalue weighted by molar-refractivity contribution is -0.121. The second kappa shape index (κ2) is 7.75. The first kappa shape index (κ1) is 15.5. The Morgan fingerprint density at radius 2 is 2.14 bits per heavy atom. The quantitative estimate of drug-likeness (QED) is 0.610. The number of benzene rings is 1. The molecular formula is C15H19N3O2S.